The molecule has 1 N–H and O–H groups in total. The zero-order valence-corrected chi connectivity index (χ0v) is 19.1. The summed E-state index contributed by atoms with van der Waals surface area (Å²) in [4.78, 5) is 9.61. The third-order valence-electron chi connectivity index (χ3n) is 4.57. The van der Waals surface area contributed by atoms with Crippen LogP contribution in [0.2, 0.25) is 0 Å². The fraction of sp³-hybridized carbons (Fsp3) is 0.905. The molecule has 0 amide bonds. The summed E-state index contributed by atoms with van der Waals surface area (Å²) in [7, 11) is 2.16. The lowest BCUT2D eigenvalue weighted by Crippen LogP contribution is -2.37. The number of likely N-dealkylation sites (N-methyl/N-ethyl adjacent to an activating group) is 1. The van der Waals surface area contributed by atoms with Crippen molar-refractivity contribution in [3.05, 3.63) is 12.7 Å². The Morgan fingerprint density at radius 2 is 1.19 bits per heavy atom. The van der Waals surface area contributed by atoms with Gasteiger partial charge in [-0.15, -0.1) is 6.58 Å². The number of rotatable bonds is 20. The highest BCUT2D eigenvalue weighted by atomic mass is 31.2. The first kappa shape index (κ1) is 26.8. The molecule has 0 bridgehead atoms. The van der Waals surface area contributed by atoms with Crippen LogP contribution in [0.1, 0.15) is 83.5 Å². The zero-order valence-electron chi connectivity index (χ0n) is 18.2. The van der Waals surface area contributed by atoms with E-state index in [9.17, 15) is 9.46 Å². The lowest BCUT2D eigenvalue weighted by atomic mass is 10.0. The molecule has 0 saturated heterocycles. The molecule has 0 aliphatic carbocycles. The van der Waals surface area contributed by atoms with Gasteiger partial charge in [0.1, 0.15) is 13.2 Å². The van der Waals surface area contributed by atoms with E-state index in [1.54, 1.807) is 0 Å². The van der Waals surface area contributed by atoms with Crippen LogP contribution in [0, 0.1) is 0 Å². The summed E-state index contributed by atoms with van der Waals surface area (Å²) in [5.41, 5.74) is 0. The van der Waals surface area contributed by atoms with Crippen molar-refractivity contribution in [1.29, 1.82) is 0 Å². The van der Waals surface area contributed by atoms with Crippen molar-refractivity contribution in [3.63, 3.8) is 0 Å². The minimum Gasteiger partial charge on any atom is -0.329 e. The van der Waals surface area contributed by atoms with E-state index in [1.807, 2.05) is 27.2 Å². The third kappa shape index (κ3) is 22.0. The van der Waals surface area contributed by atoms with Gasteiger partial charge in [-0.3, -0.25) is 9.05 Å². The molecule has 0 aliphatic rings. The minimum absolute atomic E-state index is 0.228. The van der Waals surface area contributed by atoms with Crippen molar-refractivity contribution in [1.82, 2.24) is 0 Å². The average Bonchev–Trinajstić information content (AvgIpc) is 2.57. The van der Waals surface area contributed by atoms with E-state index in [4.69, 9.17) is 9.05 Å². The molecule has 0 rings (SSSR count). The molecular formula is C21H45NO4P+. The van der Waals surface area contributed by atoms with Crippen LogP contribution in [0.5, 0.6) is 0 Å². The van der Waals surface area contributed by atoms with E-state index in [0.29, 0.717) is 17.6 Å². The standard InChI is InChI=1S/C21H44NO4P/c1-5-6-7-8-9-10-11-12-13-14-15-16-17-18-20-25-27(23,24)26-21-19-22(2,3)4/h5H,1,6-21H2,2-4H3/p+1. The third-order valence-corrected chi connectivity index (χ3v) is 5.59. The van der Waals surface area contributed by atoms with Gasteiger partial charge in [0.2, 0.25) is 0 Å². The molecule has 0 aromatic rings. The van der Waals surface area contributed by atoms with Gasteiger partial charge in [0.05, 0.1) is 27.7 Å². The molecule has 0 heterocycles. The topological polar surface area (TPSA) is 55.8 Å². The summed E-state index contributed by atoms with van der Waals surface area (Å²) >= 11 is 0. The fourth-order valence-electron chi connectivity index (χ4n) is 2.81. The molecule has 0 aromatic heterocycles. The van der Waals surface area contributed by atoms with Crippen molar-refractivity contribution in [3.8, 4) is 0 Å². The molecule has 27 heavy (non-hydrogen) atoms. The second-order valence-corrected chi connectivity index (χ2v) is 9.92. The van der Waals surface area contributed by atoms with Gasteiger partial charge in [-0.05, 0) is 19.3 Å². The normalized spacial score (nSPS) is 14.2. The molecular weight excluding hydrogens is 361 g/mol. The molecule has 0 spiro atoms. The van der Waals surface area contributed by atoms with Gasteiger partial charge in [0.25, 0.3) is 0 Å². The maximum atomic E-state index is 11.7. The largest absolute Gasteiger partial charge is 0.472 e. The molecule has 6 heteroatoms. The van der Waals surface area contributed by atoms with Crippen LogP contribution in [0.25, 0.3) is 0 Å². The highest BCUT2D eigenvalue weighted by Crippen LogP contribution is 2.43. The highest BCUT2D eigenvalue weighted by molar-refractivity contribution is 7.47. The second-order valence-electron chi connectivity index (χ2n) is 8.47. The van der Waals surface area contributed by atoms with Crippen molar-refractivity contribution < 1.29 is 23.0 Å². The summed E-state index contributed by atoms with van der Waals surface area (Å²) < 4.78 is 22.4. The van der Waals surface area contributed by atoms with E-state index in [0.717, 1.165) is 19.3 Å². The van der Waals surface area contributed by atoms with Crippen LogP contribution in [0.4, 0.5) is 0 Å². The molecule has 1 unspecified atom stereocenters. The Hall–Kier alpha value is -0.190. The quantitative estimate of drug-likeness (QED) is 0.115. The Balaban J connectivity index is 3.32. The maximum absolute atomic E-state index is 11.7. The number of phosphoric ester groups is 1. The predicted molar refractivity (Wildman–Crippen MR) is 115 cm³/mol. The summed E-state index contributed by atoms with van der Waals surface area (Å²) in [6, 6.07) is 0. The van der Waals surface area contributed by atoms with E-state index >= 15 is 0 Å². The van der Waals surface area contributed by atoms with Gasteiger partial charge in [-0.25, -0.2) is 4.57 Å². The van der Waals surface area contributed by atoms with E-state index in [2.05, 4.69) is 6.58 Å². The molecule has 1 atom stereocenters. The van der Waals surface area contributed by atoms with Crippen molar-refractivity contribution in [2.45, 2.75) is 83.5 Å². The van der Waals surface area contributed by atoms with Gasteiger partial charge in [0, 0.05) is 0 Å². The van der Waals surface area contributed by atoms with Crippen LogP contribution in [-0.4, -0.2) is 50.3 Å². The number of phosphoric acid groups is 1. The van der Waals surface area contributed by atoms with Gasteiger partial charge in [-0.1, -0.05) is 70.3 Å². The van der Waals surface area contributed by atoms with E-state index in [1.165, 1.54) is 64.2 Å². The van der Waals surface area contributed by atoms with E-state index in [-0.39, 0.29) is 6.61 Å². The van der Waals surface area contributed by atoms with Crippen LogP contribution >= 0.6 is 7.82 Å². The molecule has 0 aliphatic heterocycles. The molecule has 0 fully saturated rings. The first-order chi connectivity index (χ1) is 12.8. The van der Waals surface area contributed by atoms with Crippen LogP contribution in [-0.2, 0) is 13.6 Å². The molecule has 0 saturated carbocycles. The molecule has 0 radical (unpaired) electrons. The van der Waals surface area contributed by atoms with Gasteiger partial charge in [0.15, 0.2) is 0 Å². The van der Waals surface area contributed by atoms with Gasteiger partial charge in [-0.2, -0.15) is 0 Å². The number of allylic oxidation sites excluding steroid dienone is 1. The predicted octanol–water partition coefficient (Wildman–Crippen LogP) is 6.08. The highest BCUT2D eigenvalue weighted by Gasteiger charge is 2.21. The first-order valence-electron chi connectivity index (χ1n) is 10.8. The number of unbranched alkanes of at least 4 members (excludes halogenated alkanes) is 12. The first-order valence-corrected chi connectivity index (χ1v) is 12.3. The monoisotopic (exact) mass is 406 g/mol. The smallest absolute Gasteiger partial charge is 0.329 e. The number of hydrogen-bond donors (Lipinski definition) is 1. The van der Waals surface area contributed by atoms with Crippen molar-refractivity contribution in [2.24, 2.45) is 0 Å². The van der Waals surface area contributed by atoms with E-state index < -0.39 is 7.82 Å². The van der Waals surface area contributed by atoms with Crippen molar-refractivity contribution in [2.75, 3.05) is 40.9 Å². The average molecular weight is 407 g/mol. The Labute approximate surface area is 168 Å². The lowest BCUT2D eigenvalue weighted by Gasteiger charge is -2.24. The summed E-state index contributed by atoms with van der Waals surface area (Å²) in [6.45, 7) is 4.95. The Morgan fingerprint density at radius 3 is 1.63 bits per heavy atom. The Morgan fingerprint density at radius 1 is 0.778 bits per heavy atom. The minimum atomic E-state index is -3.88. The SMILES string of the molecule is C=CCCCCCCCCCCCCCCOP(=O)(O)OCC[N+](C)(C)C. The van der Waals surface area contributed by atoms with Crippen LogP contribution in [0.3, 0.4) is 0 Å². The number of quaternary nitrogens is 1. The second kappa shape index (κ2) is 16.7. The molecule has 162 valence electrons. The zero-order chi connectivity index (χ0) is 20.4. The number of hydrogen-bond acceptors (Lipinski definition) is 3. The Bertz CT molecular complexity index is 396. The van der Waals surface area contributed by atoms with Crippen molar-refractivity contribution >= 4 is 7.82 Å². The molecule has 5 nitrogen and oxygen atoms in total. The van der Waals surface area contributed by atoms with Gasteiger partial charge < -0.3 is 9.38 Å². The maximum Gasteiger partial charge on any atom is 0.472 e. The fourth-order valence-corrected chi connectivity index (χ4v) is 3.55. The van der Waals surface area contributed by atoms with Crippen LogP contribution < -0.4 is 0 Å². The molecule has 0 aromatic carbocycles. The lowest BCUT2D eigenvalue weighted by molar-refractivity contribution is -0.870. The van der Waals surface area contributed by atoms with Gasteiger partial charge >= 0.3 is 7.82 Å². The summed E-state index contributed by atoms with van der Waals surface area (Å²) in [5.74, 6) is 0. The summed E-state index contributed by atoms with van der Waals surface area (Å²) in [6.07, 6.45) is 18.1. The Kier molecular flexibility index (Phi) is 16.6. The summed E-state index contributed by atoms with van der Waals surface area (Å²) in [5, 5.41) is 0. The van der Waals surface area contributed by atoms with Crippen LogP contribution in [0.15, 0.2) is 12.7 Å². The number of nitrogens with zero attached hydrogens (tertiary/aromatic N) is 1.